The van der Waals surface area contributed by atoms with Gasteiger partial charge in [0.25, 0.3) is 0 Å². The zero-order valence-electron chi connectivity index (χ0n) is 18.7. The van der Waals surface area contributed by atoms with E-state index in [2.05, 4.69) is 13.8 Å². The van der Waals surface area contributed by atoms with Crippen LogP contribution in [0.2, 0.25) is 0 Å². The predicted octanol–water partition coefficient (Wildman–Crippen LogP) is 7.43. The Morgan fingerprint density at radius 1 is 0.643 bits per heavy atom. The minimum atomic E-state index is -1.01. The van der Waals surface area contributed by atoms with Crippen molar-refractivity contribution in [1.82, 2.24) is 0 Å². The second kappa shape index (κ2) is 20.7. The maximum Gasteiger partial charge on any atom is 0.345 e. The largest absolute Gasteiger partial charge is 0.479 e. The molecule has 1 atom stereocenters. The van der Waals surface area contributed by atoms with Gasteiger partial charge in [0.15, 0.2) is 6.10 Å². The fourth-order valence-electron chi connectivity index (χ4n) is 3.49. The number of rotatable bonds is 21. The molecular weight excluding hydrogens is 352 g/mol. The molecule has 0 aliphatic heterocycles. The van der Waals surface area contributed by atoms with Crippen molar-refractivity contribution in [2.45, 2.75) is 142 Å². The molecule has 0 radical (unpaired) electrons. The van der Waals surface area contributed by atoms with Gasteiger partial charge in [-0.2, -0.15) is 0 Å². The van der Waals surface area contributed by atoms with E-state index in [1.54, 1.807) is 0 Å². The molecule has 0 rings (SSSR count). The molecule has 166 valence electrons. The van der Waals surface area contributed by atoms with Crippen molar-refractivity contribution in [3.8, 4) is 0 Å². The van der Waals surface area contributed by atoms with Crippen LogP contribution in [0.25, 0.3) is 0 Å². The van der Waals surface area contributed by atoms with Gasteiger partial charge >= 0.3 is 11.9 Å². The van der Waals surface area contributed by atoms with Crippen molar-refractivity contribution in [1.29, 1.82) is 0 Å². The van der Waals surface area contributed by atoms with Crippen LogP contribution >= 0.6 is 0 Å². The van der Waals surface area contributed by atoms with Gasteiger partial charge in [-0.15, -0.1) is 0 Å². The monoisotopic (exact) mass is 398 g/mol. The zero-order chi connectivity index (χ0) is 20.9. The molecule has 0 aromatic rings. The van der Waals surface area contributed by atoms with Gasteiger partial charge in [0.05, 0.1) is 0 Å². The first kappa shape index (κ1) is 26.9. The first-order valence-electron chi connectivity index (χ1n) is 12.0. The number of carbonyl (C=O) groups excluding carboxylic acids is 1. The van der Waals surface area contributed by atoms with Crippen LogP contribution in [-0.4, -0.2) is 23.1 Å². The molecule has 0 saturated carbocycles. The molecule has 1 N–H and O–H groups in total. The van der Waals surface area contributed by atoms with E-state index in [1.807, 2.05) is 0 Å². The zero-order valence-corrected chi connectivity index (χ0v) is 18.7. The van der Waals surface area contributed by atoms with E-state index in [0.29, 0.717) is 12.8 Å². The maximum absolute atomic E-state index is 11.9. The van der Waals surface area contributed by atoms with E-state index in [4.69, 9.17) is 4.74 Å². The first-order valence-corrected chi connectivity index (χ1v) is 12.0. The van der Waals surface area contributed by atoms with Gasteiger partial charge in [-0.3, -0.25) is 4.79 Å². The number of unbranched alkanes of at least 4 members (excludes halogenated alkanes) is 15. The van der Waals surface area contributed by atoms with Crippen LogP contribution in [0.15, 0.2) is 0 Å². The molecule has 0 bridgehead atoms. The summed E-state index contributed by atoms with van der Waals surface area (Å²) >= 11 is 0. The van der Waals surface area contributed by atoms with Gasteiger partial charge in [-0.05, 0) is 19.3 Å². The molecule has 4 heteroatoms. The van der Waals surface area contributed by atoms with E-state index in [0.717, 1.165) is 38.5 Å². The summed E-state index contributed by atoms with van der Waals surface area (Å²) < 4.78 is 5.20. The SMILES string of the molecule is CCCCCCCCCCCC[C@@H](OC(=O)CCCCCCCCC)C(=O)O. The summed E-state index contributed by atoms with van der Waals surface area (Å²) in [6.45, 7) is 4.43. The molecular formula is C24H46O4. The van der Waals surface area contributed by atoms with Crippen molar-refractivity contribution in [2.24, 2.45) is 0 Å². The van der Waals surface area contributed by atoms with Crippen LogP contribution in [0.5, 0.6) is 0 Å². The van der Waals surface area contributed by atoms with Crippen molar-refractivity contribution >= 4 is 11.9 Å². The van der Waals surface area contributed by atoms with Crippen LogP contribution in [0.3, 0.4) is 0 Å². The molecule has 0 unspecified atom stereocenters. The smallest absolute Gasteiger partial charge is 0.345 e. The topological polar surface area (TPSA) is 63.6 Å². The lowest BCUT2D eigenvalue weighted by Gasteiger charge is -2.13. The molecule has 0 aromatic heterocycles. The Balaban J connectivity index is 3.66. The fraction of sp³-hybridized carbons (Fsp3) is 0.917. The van der Waals surface area contributed by atoms with Crippen molar-refractivity contribution < 1.29 is 19.4 Å². The average molecular weight is 399 g/mol. The summed E-state index contributed by atoms with van der Waals surface area (Å²) in [6.07, 6.45) is 19.9. The summed E-state index contributed by atoms with van der Waals surface area (Å²) in [4.78, 5) is 23.2. The van der Waals surface area contributed by atoms with E-state index < -0.39 is 12.1 Å². The number of hydrogen-bond donors (Lipinski definition) is 1. The Kier molecular flexibility index (Phi) is 19.9. The lowest BCUT2D eigenvalue weighted by Crippen LogP contribution is -2.27. The predicted molar refractivity (Wildman–Crippen MR) is 117 cm³/mol. The highest BCUT2D eigenvalue weighted by molar-refractivity contribution is 5.77. The second-order valence-corrected chi connectivity index (χ2v) is 8.16. The summed E-state index contributed by atoms with van der Waals surface area (Å²) in [7, 11) is 0. The highest BCUT2D eigenvalue weighted by atomic mass is 16.6. The van der Waals surface area contributed by atoms with Gasteiger partial charge in [-0.1, -0.05) is 110 Å². The number of hydrogen-bond acceptors (Lipinski definition) is 3. The van der Waals surface area contributed by atoms with E-state index in [9.17, 15) is 14.7 Å². The Morgan fingerprint density at radius 3 is 1.46 bits per heavy atom. The molecule has 0 amide bonds. The number of aliphatic carboxylic acids is 1. The van der Waals surface area contributed by atoms with Gasteiger partial charge < -0.3 is 9.84 Å². The van der Waals surface area contributed by atoms with E-state index in [1.165, 1.54) is 70.6 Å². The molecule has 28 heavy (non-hydrogen) atoms. The third-order valence-electron chi connectivity index (χ3n) is 5.35. The van der Waals surface area contributed by atoms with Gasteiger partial charge in [0.1, 0.15) is 0 Å². The molecule has 0 heterocycles. The Labute approximate surface area is 173 Å². The van der Waals surface area contributed by atoms with Gasteiger partial charge in [-0.25, -0.2) is 4.79 Å². The summed E-state index contributed by atoms with van der Waals surface area (Å²) in [5.74, 6) is -1.36. The minimum Gasteiger partial charge on any atom is -0.479 e. The third-order valence-corrected chi connectivity index (χ3v) is 5.35. The van der Waals surface area contributed by atoms with E-state index >= 15 is 0 Å². The van der Waals surface area contributed by atoms with Crippen molar-refractivity contribution in [2.75, 3.05) is 0 Å². The molecule has 0 saturated heterocycles. The normalized spacial score (nSPS) is 12.1. The number of esters is 1. The van der Waals surface area contributed by atoms with Crippen molar-refractivity contribution in [3.63, 3.8) is 0 Å². The highest BCUT2D eigenvalue weighted by Crippen LogP contribution is 2.14. The number of carboxylic acid groups (broad SMARTS) is 1. The first-order chi connectivity index (χ1) is 13.6. The summed E-state index contributed by atoms with van der Waals surface area (Å²) in [5.41, 5.74) is 0. The number of carbonyl (C=O) groups is 2. The average Bonchev–Trinajstić information content (AvgIpc) is 2.67. The van der Waals surface area contributed by atoms with Gasteiger partial charge in [0.2, 0.25) is 0 Å². The van der Waals surface area contributed by atoms with Crippen LogP contribution < -0.4 is 0 Å². The number of carboxylic acids is 1. The molecule has 0 aromatic carbocycles. The quantitative estimate of drug-likeness (QED) is 0.161. The van der Waals surface area contributed by atoms with Crippen LogP contribution in [0.1, 0.15) is 136 Å². The molecule has 0 spiro atoms. The second-order valence-electron chi connectivity index (χ2n) is 8.16. The van der Waals surface area contributed by atoms with E-state index in [-0.39, 0.29) is 5.97 Å². The van der Waals surface area contributed by atoms with Gasteiger partial charge in [0, 0.05) is 6.42 Å². The van der Waals surface area contributed by atoms with Crippen LogP contribution in [0, 0.1) is 0 Å². The Bertz CT molecular complexity index is 368. The third kappa shape index (κ3) is 18.3. The molecule has 0 aliphatic carbocycles. The highest BCUT2D eigenvalue weighted by Gasteiger charge is 2.21. The fourth-order valence-corrected chi connectivity index (χ4v) is 3.49. The standard InChI is InChI=1S/C24H46O4/c1-3-5-7-9-11-12-13-15-16-18-20-22(24(26)27)28-23(25)21-19-17-14-10-8-6-4-2/h22H,3-21H2,1-2H3,(H,26,27)/t22-/m1/s1. The lowest BCUT2D eigenvalue weighted by molar-refractivity contribution is -0.164. The molecule has 0 fully saturated rings. The minimum absolute atomic E-state index is 0.343. The molecule has 0 aliphatic rings. The lowest BCUT2D eigenvalue weighted by atomic mass is 10.0. The Morgan fingerprint density at radius 2 is 1.04 bits per heavy atom. The summed E-state index contributed by atoms with van der Waals surface area (Å²) in [5, 5.41) is 9.28. The molecule has 4 nitrogen and oxygen atoms in total. The van der Waals surface area contributed by atoms with Crippen LogP contribution in [0.4, 0.5) is 0 Å². The van der Waals surface area contributed by atoms with Crippen molar-refractivity contribution in [3.05, 3.63) is 0 Å². The Hall–Kier alpha value is -1.06. The van der Waals surface area contributed by atoms with Crippen LogP contribution in [-0.2, 0) is 14.3 Å². The number of ether oxygens (including phenoxy) is 1. The summed E-state index contributed by atoms with van der Waals surface area (Å²) in [6, 6.07) is 0. The maximum atomic E-state index is 11.9.